The van der Waals surface area contributed by atoms with Crippen molar-refractivity contribution in [2.45, 2.75) is 19.1 Å². The maximum atomic E-state index is 10.6. The van der Waals surface area contributed by atoms with Crippen LogP contribution in [0, 0.1) is 6.92 Å². The average Bonchev–Trinajstić information content (AvgIpc) is 2.26. The molecule has 1 aromatic carbocycles. The van der Waals surface area contributed by atoms with Gasteiger partial charge in [-0.05, 0) is 25.5 Å². The molecule has 16 heavy (non-hydrogen) atoms. The minimum absolute atomic E-state index is 0.375. The molecule has 0 aliphatic carbocycles. The molecule has 3 nitrogen and oxygen atoms in total. The first-order valence-electron chi connectivity index (χ1n) is 5.14. The molecule has 88 valence electrons. The summed E-state index contributed by atoms with van der Waals surface area (Å²) in [4.78, 5) is 10.6. The maximum Gasteiger partial charge on any atom is 0.316 e. The predicted molar refractivity (Wildman–Crippen MR) is 66.2 cm³/mol. The van der Waals surface area contributed by atoms with E-state index in [0.717, 1.165) is 11.3 Å². The summed E-state index contributed by atoms with van der Waals surface area (Å²) in [7, 11) is 0. The Labute approximate surface area is 99.8 Å². The number of hydrogen-bond acceptors (Lipinski definition) is 3. The quantitative estimate of drug-likeness (QED) is 0.776. The van der Waals surface area contributed by atoms with E-state index in [9.17, 15) is 4.79 Å². The molecule has 0 saturated heterocycles. The van der Waals surface area contributed by atoms with Gasteiger partial charge in [0.05, 0.1) is 11.9 Å². The molecule has 0 aliphatic rings. The van der Waals surface area contributed by atoms with E-state index in [1.165, 1.54) is 11.8 Å². The van der Waals surface area contributed by atoms with Gasteiger partial charge in [-0.2, -0.15) is 0 Å². The molecule has 0 heterocycles. The van der Waals surface area contributed by atoms with Gasteiger partial charge in [-0.1, -0.05) is 18.2 Å². The van der Waals surface area contributed by atoms with Crippen molar-refractivity contribution < 1.29 is 14.6 Å². The smallest absolute Gasteiger partial charge is 0.316 e. The van der Waals surface area contributed by atoms with E-state index in [2.05, 4.69) is 0 Å². The highest BCUT2D eigenvalue weighted by atomic mass is 32.2. The van der Waals surface area contributed by atoms with Crippen LogP contribution in [0.25, 0.3) is 0 Å². The Balaban J connectivity index is 2.26. The second kappa shape index (κ2) is 6.43. The van der Waals surface area contributed by atoms with Crippen LogP contribution in [0.4, 0.5) is 0 Å². The summed E-state index contributed by atoms with van der Waals surface area (Å²) in [6, 6.07) is 7.79. The highest BCUT2D eigenvalue weighted by Gasteiger charge is 2.10. The fraction of sp³-hybridized carbons (Fsp3) is 0.417. The number of aryl methyl sites for hydroxylation is 1. The molecule has 0 spiro atoms. The average molecular weight is 240 g/mol. The lowest BCUT2D eigenvalue weighted by Crippen LogP contribution is -2.14. The highest BCUT2D eigenvalue weighted by molar-refractivity contribution is 8.00. The van der Waals surface area contributed by atoms with Crippen molar-refractivity contribution in [3.63, 3.8) is 0 Å². The van der Waals surface area contributed by atoms with Gasteiger partial charge in [-0.25, -0.2) is 0 Å². The van der Waals surface area contributed by atoms with Crippen LogP contribution in [-0.4, -0.2) is 28.7 Å². The zero-order valence-electron chi connectivity index (χ0n) is 9.47. The van der Waals surface area contributed by atoms with Crippen LogP contribution in [0.1, 0.15) is 12.5 Å². The van der Waals surface area contributed by atoms with Crippen molar-refractivity contribution in [1.82, 2.24) is 0 Å². The number of para-hydroxylation sites is 1. The number of hydrogen-bond donors (Lipinski definition) is 1. The molecule has 0 aromatic heterocycles. The second-order valence-electron chi connectivity index (χ2n) is 3.47. The van der Waals surface area contributed by atoms with Gasteiger partial charge in [0.1, 0.15) is 5.75 Å². The molecule has 0 radical (unpaired) electrons. The van der Waals surface area contributed by atoms with Crippen LogP contribution >= 0.6 is 11.8 Å². The fourth-order valence-corrected chi connectivity index (χ4v) is 1.84. The van der Waals surface area contributed by atoms with Crippen LogP contribution in [0.3, 0.4) is 0 Å². The summed E-state index contributed by atoms with van der Waals surface area (Å²) in [5.74, 6) is 0.772. The highest BCUT2D eigenvalue weighted by Crippen LogP contribution is 2.17. The molecule has 0 fully saturated rings. The van der Waals surface area contributed by atoms with Crippen molar-refractivity contribution >= 4 is 17.7 Å². The van der Waals surface area contributed by atoms with E-state index in [1.807, 2.05) is 31.2 Å². The van der Waals surface area contributed by atoms with Crippen molar-refractivity contribution in [1.29, 1.82) is 0 Å². The molecular formula is C12H16O3S. The van der Waals surface area contributed by atoms with E-state index in [4.69, 9.17) is 9.84 Å². The van der Waals surface area contributed by atoms with E-state index in [0.29, 0.717) is 12.4 Å². The summed E-state index contributed by atoms with van der Waals surface area (Å²) in [6.45, 7) is 4.20. The van der Waals surface area contributed by atoms with Crippen LogP contribution in [0.15, 0.2) is 24.3 Å². The number of carboxylic acid groups (broad SMARTS) is 1. The Morgan fingerprint density at radius 3 is 2.81 bits per heavy atom. The summed E-state index contributed by atoms with van der Waals surface area (Å²) < 4.78 is 5.55. The molecular weight excluding hydrogens is 224 g/mol. The van der Waals surface area contributed by atoms with Gasteiger partial charge in [0.25, 0.3) is 0 Å². The maximum absolute atomic E-state index is 10.6. The second-order valence-corrected chi connectivity index (χ2v) is 4.91. The Morgan fingerprint density at radius 1 is 1.50 bits per heavy atom. The first-order chi connectivity index (χ1) is 7.61. The number of rotatable bonds is 6. The zero-order chi connectivity index (χ0) is 12.0. The number of benzene rings is 1. The number of thioether (sulfide) groups is 1. The lowest BCUT2D eigenvalue weighted by atomic mass is 10.2. The molecule has 0 amide bonds. The van der Waals surface area contributed by atoms with Crippen LogP contribution < -0.4 is 4.74 Å². The molecule has 0 saturated carbocycles. The third-order valence-corrected chi connectivity index (χ3v) is 3.25. The van der Waals surface area contributed by atoms with Gasteiger partial charge in [0.15, 0.2) is 0 Å². The minimum atomic E-state index is -0.777. The van der Waals surface area contributed by atoms with Crippen LogP contribution in [0.5, 0.6) is 5.75 Å². The normalized spacial score (nSPS) is 12.1. The zero-order valence-corrected chi connectivity index (χ0v) is 10.3. The molecule has 1 rings (SSSR count). The van der Waals surface area contributed by atoms with Crippen molar-refractivity contribution in [2.24, 2.45) is 0 Å². The molecule has 0 bridgehead atoms. The Morgan fingerprint density at radius 2 is 2.19 bits per heavy atom. The SMILES string of the molecule is Cc1ccccc1OCCSC(C)C(=O)O. The van der Waals surface area contributed by atoms with Gasteiger partial charge in [0, 0.05) is 5.75 Å². The number of carbonyl (C=O) groups is 1. The molecule has 4 heteroatoms. The summed E-state index contributed by atoms with van der Waals surface area (Å²) in [6.07, 6.45) is 0. The lowest BCUT2D eigenvalue weighted by molar-refractivity contribution is -0.136. The first-order valence-corrected chi connectivity index (χ1v) is 6.19. The standard InChI is InChI=1S/C12H16O3S/c1-9-5-3-4-6-11(9)15-7-8-16-10(2)12(13)14/h3-6,10H,7-8H2,1-2H3,(H,13,14). The molecule has 1 atom stereocenters. The largest absolute Gasteiger partial charge is 0.492 e. The number of ether oxygens (including phenoxy) is 1. The summed E-state index contributed by atoms with van der Waals surface area (Å²) in [5, 5.41) is 8.31. The Kier molecular flexibility index (Phi) is 5.19. The van der Waals surface area contributed by atoms with Gasteiger partial charge in [0.2, 0.25) is 0 Å². The van der Waals surface area contributed by atoms with Gasteiger partial charge >= 0.3 is 5.97 Å². The Bertz CT molecular complexity index is 352. The number of carboxylic acids is 1. The van der Waals surface area contributed by atoms with E-state index in [-0.39, 0.29) is 5.25 Å². The first kappa shape index (κ1) is 12.9. The monoisotopic (exact) mass is 240 g/mol. The van der Waals surface area contributed by atoms with Crippen molar-refractivity contribution in [2.75, 3.05) is 12.4 Å². The summed E-state index contributed by atoms with van der Waals surface area (Å²) in [5.41, 5.74) is 1.10. The fourth-order valence-electron chi connectivity index (χ4n) is 1.17. The molecule has 1 unspecified atom stereocenters. The lowest BCUT2D eigenvalue weighted by Gasteiger charge is -2.09. The van der Waals surface area contributed by atoms with Gasteiger partial charge in [-0.15, -0.1) is 11.8 Å². The Hall–Kier alpha value is -1.16. The van der Waals surface area contributed by atoms with Gasteiger partial charge < -0.3 is 9.84 Å². The molecule has 0 aliphatic heterocycles. The van der Waals surface area contributed by atoms with E-state index < -0.39 is 5.97 Å². The molecule has 1 N–H and O–H groups in total. The third kappa shape index (κ3) is 4.14. The topological polar surface area (TPSA) is 46.5 Å². The van der Waals surface area contributed by atoms with Crippen LogP contribution in [-0.2, 0) is 4.79 Å². The number of aliphatic carboxylic acids is 1. The third-order valence-electron chi connectivity index (χ3n) is 2.15. The summed E-state index contributed by atoms with van der Waals surface area (Å²) >= 11 is 1.39. The van der Waals surface area contributed by atoms with Crippen molar-refractivity contribution in [3.8, 4) is 5.75 Å². The molecule has 1 aromatic rings. The van der Waals surface area contributed by atoms with Crippen molar-refractivity contribution in [3.05, 3.63) is 29.8 Å². The predicted octanol–water partition coefficient (Wildman–Crippen LogP) is 2.58. The van der Waals surface area contributed by atoms with E-state index in [1.54, 1.807) is 6.92 Å². The van der Waals surface area contributed by atoms with Crippen LogP contribution in [0.2, 0.25) is 0 Å². The van der Waals surface area contributed by atoms with Gasteiger partial charge in [-0.3, -0.25) is 4.79 Å². The van der Waals surface area contributed by atoms with E-state index >= 15 is 0 Å². The minimum Gasteiger partial charge on any atom is -0.492 e.